The molecule has 0 aromatic heterocycles. The third kappa shape index (κ3) is 10.4. The van der Waals surface area contributed by atoms with Crippen LogP contribution in [0.1, 0.15) is 44.2 Å². The van der Waals surface area contributed by atoms with Crippen molar-refractivity contribution in [3.05, 3.63) is 71.8 Å². The van der Waals surface area contributed by atoms with Gasteiger partial charge >= 0.3 is 12.1 Å². The second-order valence-electron chi connectivity index (χ2n) is 7.24. The minimum Gasteiger partial charge on any atom is -0.459 e. The predicted molar refractivity (Wildman–Crippen MR) is 121 cm³/mol. The summed E-state index contributed by atoms with van der Waals surface area (Å²) in [5.41, 5.74) is 1.75. The van der Waals surface area contributed by atoms with Gasteiger partial charge in [0.15, 0.2) is 6.29 Å². The second kappa shape index (κ2) is 15.0. The lowest BCUT2D eigenvalue weighted by molar-refractivity contribution is -0.147. The number of unbranched alkanes of at least 4 members (excludes halogenated alkanes) is 1. The minimum absolute atomic E-state index is 0.127. The zero-order valence-corrected chi connectivity index (χ0v) is 18.8. The van der Waals surface area contributed by atoms with Gasteiger partial charge in [-0.25, -0.2) is 9.59 Å². The minimum atomic E-state index is -0.800. The molecule has 0 aliphatic heterocycles. The monoisotopic (exact) mass is 443 g/mol. The first-order valence-corrected chi connectivity index (χ1v) is 11.0. The second-order valence-corrected chi connectivity index (χ2v) is 7.24. The van der Waals surface area contributed by atoms with Crippen LogP contribution in [0.4, 0.5) is 4.79 Å². The fourth-order valence-corrected chi connectivity index (χ4v) is 2.97. The lowest BCUT2D eigenvalue weighted by atomic mass is 10.1. The molecule has 0 radical (unpaired) electrons. The zero-order valence-electron chi connectivity index (χ0n) is 18.8. The van der Waals surface area contributed by atoms with Gasteiger partial charge in [0.25, 0.3) is 0 Å². The number of carbonyl (C=O) groups excluding carboxylic acids is 2. The number of hydrogen-bond donors (Lipinski definition) is 1. The molecule has 2 aromatic carbocycles. The van der Waals surface area contributed by atoms with E-state index in [1.807, 2.05) is 74.5 Å². The average molecular weight is 444 g/mol. The topological polar surface area (TPSA) is 83.1 Å². The van der Waals surface area contributed by atoms with Crippen LogP contribution in [0.2, 0.25) is 0 Å². The van der Waals surface area contributed by atoms with Crippen LogP contribution in [0.15, 0.2) is 60.7 Å². The Hall–Kier alpha value is -2.90. The van der Waals surface area contributed by atoms with Gasteiger partial charge in [-0.15, -0.1) is 0 Å². The van der Waals surface area contributed by atoms with E-state index in [-0.39, 0.29) is 19.5 Å². The Labute approximate surface area is 190 Å². The summed E-state index contributed by atoms with van der Waals surface area (Å²) < 4.78 is 21.6. The van der Waals surface area contributed by atoms with Gasteiger partial charge in [0, 0.05) is 13.2 Å². The lowest BCUT2D eigenvalue weighted by Crippen LogP contribution is -2.42. The lowest BCUT2D eigenvalue weighted by Gasteiger charge is -2.18. The molecular weight excluding hydrogens is 410 g/mol. The molecule has 174 valence electrons. The van der Waals surface area contributed by atoms with E-state index in [4.69, 9.17) is 18.9 Å². The Morgan fingerprint density at radius 3 is 2.03 bits per heavy atom. The predicted octanol–water partition coefficient (Wildman–Crippen LogP) is 4.59. The van der Waals surface area contributed by atoms with Crippen LogP contribution in [0.5, 0.6) is 0 Å². The molecule has 0 spiro atoms. The van der Waals surface area contributed by atoms with E-state index < -0.39 is 18.1 Å². The highest BCUT2D eigenvalue weighted by Gasteiger charge is 2.23. The summed E-state index contributed by atoms with van der Waals surface area (Å²) in [6.07, 6.45) is 0.888. The molecule has 1 unspecified atom stereocenters. The molecule has 32 heavy (non-hydrogen) atoms. The molecule has 1 N–H and O–H groups in total. The first-order chi connectivity index (χ1) is 15.6. The first-order valence-electron chi connectivity index (χ1n) is 11.0. The van der Waals surface area contributed by atoms with E-state index in [0.717, 1.165) is 17.5 Å². The van der Waals surface area contributed by atoms with E-state index in [1.165, 1.54) is 0 Å². The Kier molecular flexibility index (Phi) is 11.9. The molecular formula is C25H33NO6. The summed E-state index contributed by atoms with van der Waals surface area (Å²) in [4.78, 5) is 24.9. The summed E-state index contributed by atoms with van der Waals surface area (Å²) >= 11 is 0. The molecule has 0 saturated carbocycles. The normalized spacial score (nSPS) is 12.6. The number of hydrogen-bond acceptors (Lipinski definition) is 6. The van der Waals surface area contributed by atoms with Crippen LogP contribution in [0, 0.1) is 0 Å². The third-order valence-corrected chi connectivity index (χ3v) is 4.65. The quantitative estimate of drug-likeness (QED) is 0.261. The summed E-state index contributed by atoms with van der Waals surface area (Å²) in [6, 6.07) is 18.0. The van der Waals surface area contributed by atoms with Crippen LogP contribution in [0.25, 0.3) is 0 Å². The number of rotatable bonds is 14. The molecule has 0 aliphatic rings. The largest absolute Gasteiger partial charge is 0.459 e. The van der Waals surface area contributed by atoms with Crippen molar-refractivity contribution in [3.8, 4) is 0 Å². The Morgan fingerprint density at radius 2 is 1.44 bits per heavy atom. The first kappa shape index (κ1) is 25.4. The van der Waals surface area contributed by atoms with E-state index in [9.17, 15) is 9.59 Å². The van der Waals surface area contributed by atoms with Crippen molar-refractivity contribution in [1.82, 2.24) is 5.32 Å². The standard InChI is InChI=1S/C25H33NO6/c1-3-29-20(2)30-17-11-10-16-23(24(27)31-18-21-12-6-4-7-13-21)26-25(28)32-19-22-14-8-5-9-15-22/h4-9,12-15,20,23H,3,10-11,16-19H2,1-2H3,(H,26,28)/t20?,23-/m0/s1. The van der Waals surface area contributed by atoms with Crippen molar-refractivity contribution in [2.24, 2.45) is 0 Å². The zero-order chi connectivity index (χ0) is 23.0. The van der Waals surface area contributed by atoms with Gasteiger partial charge in [-0.2, -0.15) is 0 Å². The molecule has 1 amide bonds. The number of ether oxygens (including phenoxy) is 4. The van der Waals surface area contributed by atoms with E-state index >= 15 is 0 Å². The molecule has 0 saturated heterocycles. The highest BCUT2D eigenvalue weighted by atomic mass is 16.7. The van der Waals surface area contributed by atoms with E-state index in [2.05, 4.69) is 5.32 Å². The SMILES string of the molecule is CCOC(C)OCCCC[C@H](NC(=O)OCc1ccccc1)C(=O)OCc1ccccc1. The molecule has 0 heterocycles. The maximum Gasteiger partial charge on any atom is 0.408 e. The molecule has 2 aromatic rings. The van der Waals surface area contributed by atoms with Gasteiger partial charge in [-0.1, -0.05) is 60.7 Å². The number of benzene rings is 2. The summed E-state index contributed by atoms with van der Waals surface area (Å²) in [5, 5.41) is 2.64. The average Bonchev–Trinajstić information content (AvgIpc) is 2.81. The fourth-order valence-electron chi connectivity index (χ4n) is 2.97. The van der Waals surface area contributed by atoms with Gasteiger partial charge in [-0.05, 0) is 44.2 Å². The molecule has 7 nitrogen and oxygen atoms in total. The van der Waals surface area contributed by atoms with Gasteiger partial charge in [0.1, 0.15) is 19.3 Å². The van der Waals surface area contributed by atoms with Crippen LogP contribution < -0.4 is 5.32 Å². The Bertz CT molecular complexity index is 784. The van der Waals surface area contributed by atoms with Crippen molar-refractivity contribution >= 4 is 12.1 Å². The number of amides is 1. The van der Waals surface area contributed by atoms with Crippen molar-refractivity contribution in [2.75, 3.05) is 13.2 Å². The van der Waals surface area contributed by atoms with Crippen molar-refractivity contribution < 1.29 is 28.5 Å². The van der Waals surface area contributed by atoms with Crippen molar-refractivity contribution in [2.45, 2.75) is 58.7 Å². The van der Waals surface area contributed by atoms with Crippen LogP contribution in [0.3, 0.4) is 0 Å². The molecule has 7 heteroatoms. The van der Waals surface area contributed by atoms with Crippen LogP contribution in [-0.2, 0) is 37.0 Å². The van der Waals surface area contributed by atoms with Gasteiger partial charge < -0.3 is 24.3 Å². The van der Waals surface area contributed by atoms with Gasteiger partial charge in [0.05, 0.1) is 0 Å². The highest BCUT2D eigenvalue weighted by Crippen LogP contribution is 2.09. The molecule has 0 fully saturated rings. The van der Waals surface area contributed by atoms with Crippen molar-refractivity contribution in [1.29, 1.82) is 0 Å². The van der Waals surface area contributed by atoms with Gasteiger partial charge in [-0.3, -0.25) is 0 Å². The fraction of sp³-hybridized carbons (Fsp3) is 0.440. The van der Waals surface area contributed by atoms with Crippen LogP contribution in [-0.4, -0.2) is 37.6 Å². The number of alkyl carbamates (subject to hydrolysis) is 1. The van der Waals surface area contributed by atoms with Crippen molar-refractivity contribution in [3.63, 3.8) is 0 Å². The maximum atomic E-state index is 12.6. The third-order valence-electron chi connectivity index (χ3n) is 4.65. The van der Waals surface area contributed by atoms with E-state index in [0.29, 0.717) is 26.1 Å². The summed E-state index contributed by atoms with van der Waals surface area (Å²) in [5.74, 6) is -0.492. The van der Waals surface area contributed by atoms with Crippen LogP contribution >= 0.6 is 0 Å². The highest BCUT2D eigenvalue weighted by molar-refractivity contribution is 5.81. The Balaban J connectivity index is 1.83. The Morgan fingerprint density at radius 1 is 0.844 bits per heavy atom. The molecule has 0 bridgehead atoms. The number of nitrogens with one attached hydrogen (secondary N) is 1. The smallest absolute Gasteiger partial charge is 0.408 e. The number of esters is 1. The number of carbonyl (C=O) groups is 2. The molecule has 0 aliphatic carbocycles. The van der Waals surface area contributed by atoms with E-state index in [1.54, 1.807) is 0 Å². The molecule has 2 atom stereocenters. The summed E-state index contributed by atoms with van der Waals surface area (Å²) in [6.45, 7) is 5.12. The summed E-state index contributed by atoms with van der Waals surface area (Å²) in [7, 11) is 0. The maximum absolute atomic E-state index is 12.6. The molecule has 2 rings (SSSR count). The van der Waals surface area contributed by atoms with Gasteiger partial charge in [0.2, 0.25) is 0 Å².